The number of carboxylic acids is 1. The zero-order valence-corrected chi connectivity index (χ0v) is 23.1. The first-order valence-corrected chi connectivity index (χ1v) is 14.7. The van der Waals surface area contributed by atoms with E-state index in [0.29, 0.717) is 24.5 Å². The van der Waals surface area contributed by atoms with Crippen LogP contribution < -0.4 is 15.0 Å². The lowest BCUT2D eigenvalue weighted by Gasteiger charge is -2.38. The van der Waals surface area contributed by atoms with E-state index in [4.69, 9.17) is 14.9 Å². The largest absolute Gasteiger partial charge is 0.489 e. The summed E-state index contributed by atoms with van der Waals surface area (Å²) >= 11 is 0. The van der Waals surface area contributed by atoms with Crippen LogP contribution in [0.2, 0.25) is 0 Å². The Morgan fingerprint density at radius 3 is 2.54 bits per heavy atom. The number of aliphatic carboxylic acids is 1. The number of fused-ring (bicyclic) bond motifs is 1. The lowest BCUT2D eigenvalue weighted by molar-refractivity contribution is -0.136. The van der Waals surface area contributed by atoms with E-state index < -0.39 is 5.97 Å². The predicted molar refractivity (Wildman–Crippen MR) is 152 cm³/mol. The minimum absolute atomic E-state index is 0.198. The van der Waals surface area contributed by atoms with Crippen LogP contribution in [0.4, 0.5) is 5.69 Å². The average molecular weight is 535 g/mol. The van der Waals surface area contributed by atoms with Crippen molar-refractivity contribution in [1.29, 1.82) is 0 Å². The second kappa shape index (κ2) is 12.4. The quantitative estimate of drug-likeness (QED) is 0.433. The van der Waals surface area contributed by atoms with Crippen LogP contribution in [0.5, 0.6) is 5.75 Å². The first-order chi connectivity index (χ1) is 19.0. The van der Waals surface area contributed by atoms with Gasteiger partial charge in [-0.2, -0.15) is 5.10 Å². The highest BCUT2D eigenvalue weighted by Crippen LogP contribution is 2.46. The predicted octanol–water partition coefficient (Wildman–Crippen LogP) is 5.52. The van der Waals surface area contributed by atoms with E-state index >= 15 is 0 Å². The molecular formula is C31H42N4O4. The molecule has 8 nitrogen and oxygen atoms in total. The summed E-state index contributed by atoms with van der Waals surface area (Å²) in [6, 6.07) is 5.05. The third kappa shape index (κ3) is 6.38. The molecule has 2 aromatic rings. The van der Waals surface area contributed by atoms with Crippen LogP contribution in [0.1, 0.15) is 82.7 Å². The van der Waals surface area contributed by atoms with Gasteiger partial charge in [-0.1, -0.05) is 6.08 Å². The lowest BCUT2D eigenvalue weighted by atomic mass is 9.91. The summed E-state index contributed by atoms with van der Waals surface area (Å²) in [6.07, 6.45) is 16.6. The molecule has 3 fully saturated rings. The van der Waals surface area contributed by atoms with E-state index in [1.807, 2.05) is 6.20 Å². The molecule has 1 atom stereocenters. The number of amides is 1. The number of hydrogen-bond acceptors (Lipinski definition) is 5. The summed E-state index contributed by atoms with van der Waals surface area (Å²) in [4.78, 5) is 24.9. The van der Waals surface area contributed by atoms with Gasteiger partial charge in [0.1, 0.15) is 5.75 Å². The Kier molecular flexibility index (Phi) is 8.70. The highest BCUT2D eigenvalue weighted by Gasteiger charge is 2.39. The van der Waals surface area contributed by atoms with E-state index in [-0.39, 0.29) is 18.4 Å². The maximum absolute atomic E-state index is 13.1. The first-order valence-electron chi connectivity index (χ1n) is 14.7. The highest BCUT2D eigenvalue weighted by atomic mass is 16.5. The smallest absolute Gasteiger partial charge is 0.303 e. The Labute approximate surface area is 231 Å². The summed E-state index contributed by atoms with van der Waals surface area (Å²) in [6.45, 7) is 7.66. The van der Waals surface area contributed by atoms with Gasteiger partial charge in [0.25, 0.3) is 0 Å². The maximum Gasteiger partial charge on any atom is 0.303 e. The van der Waals surface area contributed by atoms with Crippen molar-refractivity contribution in [2.24, 2.45) is 5.92 Å². The summed E-state index contributed by atoms with van der Waals surface area (Å²) in [7, 11) is 0. The molecule has 4 aliphatic rings. The fraction of sp³-hybridized carbons (Fsp3) is 0.581. The molecule has 39 heavy (non-hydrogen) atoms. The zero-order valence-electron chi connectivity index (χ0n) is 23.1. The van der Waals surface area contributed by atoms with Crippen molar-refractivity contribution in [2.75, 3.05) is 18.0 Å². The Morgan fingerprint density at radius 2 is 1.92 bits per heavy atom. The molecule has 1 aromatic carbocycles. The Balaban J connectivity index is 0.000000392. The van der Waals surface area contributed by atoms with Crippen molar-refractivity contribution < 1.29 is 19.4 Å². The highest BCUT2D eigenvalue weighted by molar-refractivity contribution is 5.99. The molecular weight excluding hydrogens is 492 g/mol. The van der Waals surface area contributed by atoms with Gasteiger partial charge >= 0.3 is 5.97 Å². The van der Waals surface area contributed by atoms with Gasteiger partial charge < -0.3 is 20.1 Å². The molecule has 1 amide bonds. The van der Waals surface area contributed by atoms with Gasteiger partial charge in [-0.05, 0) is 96.4 Å². The van der Waals surface area contributed by atoms with Crippen molar-refractivity contribution >= 4 is 17.6 Å². The Morgan fingerprint density at radius 1 is 1.15 bits per heavy atom. The number of hydrogen-bond donors (Lipinski definition) is 2. The number of carboxylic acid groups (broad SMARTS) is 1. The number of ether oxygens (including phenoxy) is 1. The lowest BCUT2D eigenvalue weighted by Crippen LogP contribution is -2.43. The van der Waals surface area contributed by atoms with E-state index in [0.717, 1.165) is 87.0 Å². The van der Waals surface area contributed by atoms with Crippen molar-refractivity contribution in [1.82, 2.24) is 15.1 Å². The molecule has 8 heteroatoms. The molecule has 210 valence electrons. The number of rotatable bonds is 8. The fourth-order valence-electron chi connectivity index (χ4n) is 5.66. The molecule has 1 unspecified atom stereocenters. The van der Waals surface area contributed by atoms with Crippen LogP contribution in [0, 0.1) is 5.92 Å². The average Bonchev–Trinajstić information content (AvgIpc) is 3.66. The molecule has 2 aliphatic heterocycles. The monoisotopic (exact) mass is 534 g/mol. The molecule has 0 spiro atoms. The number of anilines is 1. The molecule has 0 bridgehead atoms. The summed E-state index contributed by atoms with van der Waals surface area (Å²) in [5.74, 6) is 0.763. The van der Waals surface area contributed by atoms with Crippen molar-refractivity contribution in [2.45, 2.75) is 95.7 Å². The molecule has 2 aliphatic carbocycles. The van der Waals surface area contributed by atoms with E-state index in [2.05, 4.69) is 46.7 Å². The standard InChI is InChI=1S/C26H34N4O2.C5H8O2/c1-17-5-8-23-24(30(17)26(31)18-6-7-18)10-9-22(25(23)32-21-3-2-4-21)19-15-28-29(16-19)20-11-13-27-14-12-20;1-2-3-4-5(6)7/h9-10,15-18,20-21,27H,2-8,11-14H2,1H3;2H,1,3-4H2,(H,6,7). The number of carbonyl (C=O) groups excluding carboxylic acids is 1. The summed E-state index contributed by atoms with van der Waals surface area (Å²) in [5.41, 5.74) is 4.55. The number of allylic oxidation sites excluding steroid dienone is 1. The minimum atomic E-state index is -0.764. The van der Waals surface area contributed by atoms with Gasteiger partial charge in [0.15, 0.2) is 0 Å². The van der Waals surface area contributed by atoms with Crippen LogP contribution in [-0.4, -0.2) is 52.0 Å². The molecule has 1 aromatic heterocycles. The van der Waals surface area contributed by atoms with Crippen LogP contribution in [0.15, 0.2) is 37.2 Å². The number of nitrogens with zero attached hydrogens (tertiary/aromatic N) is 3. The van der Waals surface area contributed by atoms with Gasteiger partial charge in [-0.25, -0.2) is 0 Å². The first kappa shape index (κ1) is 27.4. The second-order valence-electron chi connectivity index (χ2n) is 11.4. The maximum atomic E-state index is 13.1. The van der Waals surface area contributed by atoms with Crippen LogP contribution in [-0.2, 0) is 16.0 Å². The van der Waals surface area contributed by atoms with E-state index in [1.54, 1.807) is 6.08 Å². The van der Waals surface area contributed by atoms with Gasteiger partial charge in [0.05, 0.1) is 24.0 Å². The SMILES string of the molecule is C=CCCC(=O)O.CC1CCc2c(ccc(-c3cnn(C4CCNCC4)c3)c2OC2CCC2)N1C(=O)C1CC1. The number of aromatic nitrogens is 2. The Hall–Kier alpha value is -3.13. The van der Waals surface area contributed by atoms with Gasteiger partial charge in [0.2, 0.25) is 5.91 Å². The topological polar surface area (TPSA) is 96.7 Å². The molecule has 1 saturated heterocycles. The van der Waals surface area contributed by atoms with Crippen molar-refractivity contribution in [3.05, 3.63) is 42.7 Å². The third-order valence-corrected chi connectivity index (χ3v) is 8.41. The molecule has 3 heterocycles. The number of piperidine rings is 1. The Bertz CT molecular complexity index is 1180. The third-order valence-electron chi connectivity index (χ3n) is 8.41. The van der Waals surface area contributed by atoms with Gasteiger partial charge in [0, 0.05) is 41.3 Å². The molecule has 2 N–H and O–H groups in total. The number of carbonyl (C=O) groups is 2. The normalized spacial score (nSPS) is 21.3. The second-order valence-corrected chi connectivity index (χ2v) is 11.4. The fourth-order valence-corrected chi connectivity index (χ4v) is 5.66. The molecule has 0 radical (unpaired) electrons. The van der Waals surface area contributed by atoms with Gasteiger partial charge in [-0.3, -0.25) is 14.3 Å². The van der Waals surface area contributed by atoms with Gasteiger partial charge in [-0.15, -0.1) is 6.58 Å². The van der Waals surface area contributed by atoms with E-state index in [9.17, 15) is 9.59 Å². The van der Waals surface area contributed by atoms with E-state index in [1.165, 1.54) is 12.0 Å². The minimum Gasteiger partial charge on any atom is -0.489 e. The number of benzene rings is 1. The van der Waals surface area contributed by atoms with Crippen molar-refractivity contribution in [3.8, 4) is 16.9 Å². The number of nitrogens with one attached hydrogen (secondary N) is 1. The van der Waals surface area contributed by atoms with Crippen molar-refractivity contribution in [3.63, 3.8) is 0 Å². The summed E-state index contributed by atoms with van der Waals surface area (Å²) < 4.78 is 8.79. The summed E-state index contributed by atoms with van der Waals surface area (Å²) in [5, 5.41) is 16.2. The molecule has 6 rings (SSSR count). The van der Waals surface area contributed by atoms with Crippen LogP contribution >= 0.6 is 0 Å². The van der Waals surface area contributed by atoms with Crippen LogP contribution in [0.3, 0.4) is 0 Å². The molecule has 2 saturated carbocycles. The van der Waals surface area contributed by atoms with Crippen LogP contribution in [0.25, 0.3) is 11.1 Å². The zero-order chi connectivity index (χ0) is 27.4.